The minimum absolute atomic E-state index is 0.994. The Balaban J connectivity index is 1.92. The van der Waals surface area contributed by atoms with Crippen LogP contribution in [0, 0.1) is 6.92 Å². The largest absolute Gasteiger partial charge is 0.371 e. The Morgan fingerprint density at radius 3 is 2.67 bits per heavy atom. The lowest BCUT2D eigenvalue weighted by Gasteiger charge is -2.20. The Hall–Kier alpha value is -1.94. The van der Waals surface area contributed by atoms with Crippen molar-refractivity contribution in [1.29, 1.82) is 0 Å². The number of para-hydroxylation sites is 1. The van der Waals surface area contributed by atoms with Gasteiger partial charge >= 0.3 is 0 Å². The van der Waals surface area contributed by atoms with E-state index in [4.69, 9.17) is 4.98 Å². The second kappa shape index (κ2) is 5.11. The normalized spacial score (nSPS) is 15.0. The summed E-state index contributed by atoms with van der Waals surface area (Å²) >= 11 is 1.67. The fraction of sp³-hybridized carbons (Fsp3) is 0.294. The van der Waals surface area contributed by atoms with Crippen LogP contribution in [0.2, 0.25) is 0 Å². The molecular formula is C17H17N3S. The number of anilines is 1. The summed E-state index contributed by atoms with van der Waals surface area (Å²) in [4.78, 5) is 11.9. The van der Waals surface area contributed by atoms with Crippen LogP contribution in [0.25, 0.3) is 21.6 Å². The molecule has 1 saturated heterocycles. The van der Waals surface area contributed by atoms with Crippen molar-refractivity contribution < 1.29 is 0 Å². The zero-order chi connectivity index (χ0) is 14.2. The average Bonchev–Trinajstić information content (AvgIpc) is 3.17. The zero-order valence-electron chi connectivity index (χ0n) is 12.0. The van der Waals surface area contributed by atoms with Crippen molar-refractivity contribution in [1.82, 2.24) is 9.97 Å². The molecule has 0 bridgehead atoms. The molecular weight excluding hydrogens is 278 g/mol. The van der Waals surface area contributed by atoms with Crippen LogP contribution < -0.4 is 4.90 Å². The number of aromatic nitrogens is 2. The number of hydrogen-bond acceptors (Lipinski definition) is 4. The van der Waals surface area contributed by atoms with Gasteiger partial charge in [0.05, 0.1) is 5.52 Å². The second-order valence-electron chi connectivity index (χ2n) is 5.53. The molecule has 2 aromatic heterocycles. The number of fused-ring (bicyclic) bond motifs is 1. The van der Waals surface area contributed by atoms with E-state index in [9.17, 15) is 0 Å². The van der Waals surface area contributed by atoms with Gasteiger partial charge in [0, 0.05) is 35.2 Å². The number of rotatable bonds is 2. The fourth-order valence-corrected chi connectivity index (χ4v) is 3.71. The topological polar surface area (TPSA) is 29.0 Å². The van der Waals surface area contributed by atoms with E-state index in [1.807, 2.05) is 6.92 Å². The third-order valence-corrected chi connectivity index (χ3v) is 4.96. The van der Waals surface area contributed by atoms with Crippen LogP contribution >= 0.6 is 11.3 Å². The highest BCUT2D eigenvalue weighted by molar-refractivity contribution is 7.13. The molecule has 3 aromatic rings. The summed E-state index contributed by atoms with van der Waals surface area (Å²) in [5.74, 6) is 0. The van der Waals surface area contributed by atoms with Gasteiger partial charge in [-0.2, -0.15) is 0 Å². The molecule has 1 fully saturated rings. The molecule has 0 unspecified atom stereocenters. The summed E-state index contributed by atoms with van der Waals surface area (Å²) in [6.45, 7) is 4.32. The van der Waals surface area contributed by atoms with Gasteiger partial charge in [-0.1, -0.05) is 18.2 Å². The standard InChI is InChI=1S/C17H17N3S/c1-12-11-21-17(18-12)15-10-16(20-8-4-5-9-20)13-6-2-3-7-14(13)19-15/h2-3,6-7,10-11H,4-5,8-9H2,1H3. The van der Waals surface area contributed by atoms with Crippen molar-refractivity contribution >= 4 is 27.9 Å². The fourth-order valence-electron chi connectivity index (χ4n) is 2.96. The molecule has 0 atom stereocenters. The van der Waals surface area contributed by atoms with Crippen molar-refractivity contribution in [3.05, 3.63) is 41.4 Å². The number of hydrogen-bond donors (Lipinski definition) is 0. The van der Waals surface area contributed by atoms with E-state index >= 15 is 0 Å². The van der Waals surface area contributed by atoms with Crippen molar-refractivity contribution in [3.8, 4) is 10.7 Å². The molecule has 0 amide bonds. The van der Waals surface area contributed by atoms with Gasteiger partial charge in [0.25, 0.3) is 0 Å². The minimum atomic E-state index is 0.994. The Morgan fingerprint density at radius 2 is 1.90 bits per heavy atom. The second-order valence-corrected chi connectivity index (χ2v) is 6.39. The molecule has 1 aromatic carbocycles. The lowest BCUT2D eigenvalue weighted by Crippen LogP contribution is -2.18. The molecule has 4 rings (SSSR count). The first-order valence-electron chi connectivity index (χ1n) is 7.38. The molecule has 1 aliphatic rings. The number of nitrogens with zero attached hydrogens (tertiary/aromatic N) is 3. The van der Waals surface area contributed by atoms with E-state index in [0.29, 0.717) is 0 Å². The van der Waals surface area contributed by atoms with Crippen molar-refractivity contribution in [3.63, 3.8) is 0 Å². The van der Waals surface area contributed by atoms with Crippen LogP contribution in [0.5, 0.6) is 0 Å². The molecule has 4 heteroatoms. The van der Waals surface area contributed by atoms with E-state index < -0.39 is 0 Å². The van der Waals surface area contributed by atoms with Gasteiger partial charge < -0.3 is 4.90 Å². The van der Waals surface area contributed by atoms with E-state index in [-0.39, 0.29) is 0 Å². The summed E-state index contributed by atoms with van der Waals surface area (Å²) in [7, 11) is 0. The molecule has 21 heavy (non-hydrogen) atoms. The number of aryl methyl sites for hydroxylation is 1. The van der Waals surface area contributed by atoms with Gasteiger partial charge in [0.15, 0.2) is 0 Å². The van der Waals surface area contributed by atoms with Crippen LogP contribution in [-0.2, 0) is 0 Å². The van der Waals surface area contributed by atoms with Gasteiger partial charge in [-0.3, -0.25) is 0 Å². The van der Waals surface area contributed by atoms with Crippen LogP contribution in [0.1, 0.15) is 18.5 Å². The molecule has 0 aliphatic carbocycles. The molecule has 0 N–H and O–H groups in total. The Kier molecular flexibility index (Phi) is 3.11. The van der Waals surface area contributed by atoms with Gasteiger partial charge in [-0.15, -0.1) is 11.3 Å². The Morgan fingerprint density at radius 1 is 1.10 bits per heavy atom. The van der Waals surface area contributed by atoms with E-state index in [1.165, 1.54) is 23.9 Å². The van der Waals surface area contributed by atoms with Gasteiger partial charge in [-0.25, -0.2) is 9.97 Å². The lowest BCUT2D eigenvalue weighted by molar-refractivity contribution is 0.949. The smallest absolute Gasteiger partial charge is 0.142 e. The monoisotopic (exact) mass is 295 g/mol. The summed E-state index contributed by atoms with van der Waals surface area (Å²) in [5, 5.41) is 4.34. The van der Waals surface area contributed by atoms with E-state index in [2.05, 4.69) is 45.6 Å². The highest BCUT2D eigenvalue weighted by atomic mass is 32.1. The summed E-state index contributed by atoms with van der Waals surface area (Å²) in [6.07, 6.45) is 2.56. The van der Waals surface area contributed by atoms with E-state index in [0.717, 1.165) is 35.0 Å². The van der Waals surface area contributed by atoms with Crippen molar-refractivity contribution in [2.45, 2.75) is 19.8 Å². The van der Waals surface area contributed by atoms with E-state index in [1.54, 1.807) is 11.3 Å². The van der Waals surface area contributed by atoms with Crippen LogP contribution in [0.4, 0.5) is 5.69 Å². The van der Waals surface area contributed by atoms with Crippen molar-refractivity contribution in [2.75, 3.05) is 18.0 Å². The Bertz CT molecular complexity index is 788. The van der Waals surface area contributed by atoms with Crippen molar-refractivity contribution in [2.24, 2.45) is 0 Å². The molecule has 3 heterocycles. The quantitative estimate of drug-likeness (QED) is 0.707. The summed E-state index contributed by atoms with van der Waals surface area (Å²) in [6, 6.07) is 10.6. The predicted octanol–water partition coefficient (Wildman–Crippen LogP) is 4.27. The van der Waals surface area contributed by atoms with Crippen LogP contribution in [-0.4, -0.2) is 23.1 Å². The summed E-state index contributed by atoms with van der Waals surface area (Å²) in [5.41, 5.74) is 4.42. The van der Waals surface area contributed by atoms with Crippen LogP contribution in [0.3, 0.4) is 0 Å². The first kappa shape index (κ1) is 12.8. The average molecular weight is 295 g/mol. The van der Waals surface area contributed by atoms with Crippen LogP contribution in [0.15, 0.2) is 35.7 Å². The maximum atomic E-state index is 4.81. The Labute approximate surface area is 128 Å². The first-order valence-corrected chi connectivity index (χ1v) is 8.26. The molecule has 1 aliphatic heterocycles. The molecule has 0 saturated carbocycles. The van der Waals surface area contributed by atoms with Gasteiger partial charge in [0.1, 0.15) is 10.7 Å². The highest BCUT2D eigenvalue weighted by Gasteiger charge is 2.17. The molecule has 106 valence electrons. The number of thiazole rings is 1. The lowest BCUT2D eigenvalue weighted by atomic mass is 10.1. The third-order valence-electron chi connectivity index (χ3n) is 3.98. The van der Waals surface area contributed by atoms with Gasteiger partial charge in [0.2, 0.25) is 0 Å². The maximum Gasteiger partial charge on any atom is 0.142 e. The molecule has 0 radical (unpaired) electrons. The predicted molar refractivity (Wildman–Crippen MR) is 89.0 cm³/mol. The first-order chi connectivity index (χ1) is 10.3. The summed E-state index contributed by atoms with van der Waals surface area (Å²) < 4.78 is 0. The number of benzene rings is 1. The molecule has 3 nitrogen and oxygen atoms in total. The SMILES string of the molecule is Cc1csc(-c2cc(N3CCCC3)c3ccccc3n2)n1. The molecule has 0 spiro atoms. The third kappa shape index (κ3) is 2.29. The number of pyridine rings is 1. The highest BCUT2D eigenvalue weighted by Crippen LogP contribution is 2.33. The zero-order valence-corrected chi connectivity index (χ0v) is 12.9. The van der Waals surface area contributed by atoms with Gasteiger partial charge in [-0.05, 0) is 31.9 Å². The maximum absolute atomic E-state index is 4.81. The minimum Gasteiger partial charge on any atom is -0.371 e.